The first-order chi connectivity index (χ1) is 8.29. The highest BCUT2D eigenvalue weighted by molar-refractivity contribution is 5.97. The third-order valence-corrected chi connectivity index (χ3v) is 2.62. The normalized spacial score (nSPS) is 9.94. The number of Topliss-reactive ketones (excluding diaryl/α,β-unsaturated/α-hetero) is 1. The van der Waals surface area contributed by atoms with Crippen molar-refractivity contribution in [2.45, 2.75) is 6.42 Å². The van der Waals surface area contributed by atoms with Crippen molar-refractivity contribution in [3.05, 3.63) is 65.7 Å². The van der Waals surface area contributed by atoms with Crippen molar-refractivity contribution in [1.82, 2.24) is 0 Å². The summed E-state index contributed by atoms with van der Waals surface area (Å²) in [5.41, 5.74) is 1.75. The molecule has 0 aliphatic carbocycles. The Bertz CT molecular complexity index is 486. The smallest absolute Gasteiger partial charge is 0.167 e. The van der Waals surface area contributed by atoms with Crippen LogP contribution in [0.3, 0.4) is 0 Å². The molecule has 0 atom stereocenters. The molecule has 0 aromatic heterocycles. The standard InChI is InChI=1S/C15H14O2/c1-17-14-9-7-12(8-10-14)11-15(16)13-5-3-2-4-6-13/h2-10H,11H2,1H3. The molecule has 0 saturated carbocycles. The van der Waals surface area contributed by atoms with Crippen LogP contribution in [-0.2, 0) is 6.42 Å². The summed E-state index contributed by atoms with van der Waals surface area (Å²) in [6.45, 7) is 0. The minimum absolute atomic E-state index is 0.135. The lowest BCUT2D eigenvalue weighted by Gasteiger charge is -2.03. The number of hydrogen-bond donors (Lipinski definition) is 0. The van der Waals surface area contributed by atoms with Crippen LogP contribution in [0.4, 0.5) is 0 Å². The van der Waals surface area contributed by atoms with Gasteiger partial charge in [-0.15, -0.1) is 0 Å². The van der Waals surface area contributed by atoms with E-state index >= 15 is 0 Å². The fourth-order valence-electron chi connectivity index (χ4n) is 1.65. The van der Waals surface area contributed by atoms with Gasteiger partial charge in [0.1, 0.15) is 5.75 Å². The second-order valence-corrected chi connectivity index (χ2v) is 3.81. The third kappa shape index (κ3) is 2.94. The van der Waals surface area contributed by atoms with Crippen LogP contribution in [-0.4, -0.2) is 12.9 Å². The maximum atomic E-state index is 11.9. The van der Waals surface area contributed by atoms with Gasteiger partial charge in [0.25, 0.3) is 0 Å². The lowest BCUT2D eigenvalue weighted by Crippen LogP contribution is -2.02. The van der Waals surface area contributed by atoms with Gasteiger partial charge in [-0.25, -0.2) is 0 Å². The Labute approximate surface area is 101 Å². The van der Waals surface area contributed by atoms with Crippen molar-refractivity contribution in [3.63, 3.8) is 0 Å². The fraction of sp³-hybridized carbons (Fsp3) is 0.133. The Hall–Kier alpha value is -2.09. The van der Waals surface area contributed by atoms with E-state index in [0.29, 0.717) is 6.42 Å². The van der Waals surface area contributed by atoms with Gasteiger partial charge in [0.15, 0.2) is 5.78 Å². The summed E-state index contributed by atoms with van der Waals surface area (Å²) in [5.74, 6) is 0.941. The molecule has 2 nitrogen and oxygen atoms in total. The number of benzene rings is 2. The molecule has 0 aliphatic heterocycles. The SMILES string of the molecule is COc1ccc(CC(=O)c2ccccc2)cc1. The molecule has 86 valence electrons. The second-order valence-electron chi connectivity index (χ2n) is 3.81. The molecule has 0 unspecified atom stereocenters. The maximum absolute atomic E-state index is 11.9. The Balaban J connectivity index is 2.08. The van der Waals surface area contributed by atoms with Crippen molar-refractivity contribution in [2.75, 3.05) is 7.11 Å². The second kappa shape index (κ2) is 5.30. The van der Waals surface area contributed by atoms with Crippen molar-refractivity contribution in [2.24, 2.45) is 0 Å². The summed E-state index contributed by atoms with van der Waals surface area (Å²) in [5, 5.41) is 0. The Kier molecular flexibility index (Phi) is 3.55. The Morgan fingerprint density at radius 3 is 2.24 bits per heavy atom. The predicted molar refractivity (Wildman–Crippen MR) is 67.5 cm³/mol. The van der Waals surface area contributed by atoms with Crippen LogP contribution in [0.1, 0.15) is 15.9 Å². The van der Waals surface area contributed by atoms with Crippen LogP contribution < -0.4 is 4.74 Å². The highest BCUT2D eigenvalue weighted by atomic mass is 16.5. The molecule has 0 radical (unpaired) electrons. The Morgan fingerprint density at radius 1 is 1.00 bits per heavy atom. The minimum Gasteiger partial charge on any atom is -0.497 e. The highest BCUT2D eigenvalue weighted by Crippen LogP contribution is 2.13. The van der Waals surface area contributed by atoms with E-state index in [0.717, 1.165) is 16.9 Å². The first-order valence-electron chi connectivity index (χ1n) is 5.51. The fourth-order valence-corrected chi connectivity index (χ4v) is 1.65. The Morgan fingerprint density at radius 2 is 1.65 bits per heavy atom. The largest absolute Gasteiger partial charge is 0.497 e. The number of ketones is 1. The molecule has 0 heterocycles. The number of hydrogen-bond acceptors (Lipinski definition) is 2. The monoisotopic (exact) mass is 226 g/mol. The molecule has 0 aliphatic rings. The number of carbonyl (C=O) groups excluding carboxylic acids is 1. The van der Waals surface area contributed by atoms with Crippen LogP contribution in [0.25, 0.3) is 0 Å². The third-order valence-electron chi connectivity index (χ3n) is 2.62. The summed E-state index contributed by atoms with van der Waals surface area (Å²) in [7, 11) is 1.63. The maximum Gasteiger partial charge on any atom is 0.167 e. The molecule has 2 aromatic rings. The van der Waals surface area contributed by atoms with Gasteiger partial charge in [-0.3, -0.25) is 4.79 Å². The minimum atomic E-state index is 0.135. The molecule has 0 N–H and O–H groups in total. The zero-order valence-corrected chi connectivity index (χ0v) is 9.72. The summed E-state index contributed by atoms with van der Waals surface area (Å²) in [4.78, 5) is 11.9. The van der Waals surface area contributed by atoms with Gasteiger partial charge in [0, 0.05) is 12.0 Å². The van der Waals surface area contributed by atoms with Crippen molar-refractivity contribution < 1.29 is 9.53 Å². The topological polar surface area (TPSA) is 26.3 Å². The van der Waals surface area contributed by atoms with E-state index in [1.54, 1.807) is 7.11 Å². The van der Waals surface area contributed by atoms with Crippen LogP contribution in [0.2, 0.25) is 0 Å². The first kappa shape index (κ1) is 11.4. The zero-order valence-electron chi connectivity index (χ0n) is 9.72. The van der Waals surface area contributed by atoms with Gasteiger partial charge in [-0.2, -0.15) is 0 Å². The van der Waals surface area contributed by atoms with Crippen molar-refractivity contribution in [3.8, 4) is 5.75 Å². The van der Waals surface area contributed by atoms with E-state index < -0.39 is 0 Å². The van der Waals surface area contributed by atoms with Crippen LogP contribution in [0, 0.1) is 0 Å². The average Bonchev–Trinajstić information content (AvgIpc) is 2.40. The number of methoxy groups -OCH3 is 1. The van der Waals surface area contributed by atoms with E-state index in [1.165, 1.54) is 0 Å². The average molecular weight is 226 g/mol. The first-order valence-corrected chi connectivity index (χ1v) is 5.51. The van der Waals surface area contributed by atoms with Gasteiger partial charge < -0.3 is 4.74 Å². The lowest BCUT2D eigenvalue weighted by atomic mass is 10.0. The van der Waals surface area contributed by atoms with Crippen LogP contribution in [0.5, 0.6) is 5.75 Å². The quantitative estimate of drug-likeness (QED) is 0.749. The molecule has 0 spiro atoms. The summed E-state index contributed by atoms with van der Waals surface area (Å²) in [6.07, 6.45) is 0.425. The van der Waals surface area contributed by atoms with Gasteiger partial charge in [0.05, 0.1) is 7.11 Å². The summed E-state index contributed by atoms with van der Waals surface area (Å²) >= 11 is 0. The zero-order chi connectivity index (χ0) is 12.1. The van der Waals surface area contributed by atoms with E-state index in [1.807, 2.05) is 54.6 Å². The molecule has 0 fully saturated rings. The molecule has 0 amide bonds. The van der Waals surface area contributed by atoms with E-state index in [4.69, 9.17) is 4.74 Å². The van der Waals surface area contributed by atoms with Gasteiger partial charge in [-0.1, -0.05) is 42.5 Å². The van der Waals surface area contributed by atoms with E-state index in [-0.39, 0.29) is 5.78 Å². The lowest BCUT2D eigenvalue weighted by molar-refractivity contribution is 0.0993. The van der Waals surface area contributed by atoms with Crippen LogP contribution >= 0.6 is 0 Å². The highest BCUT2D eigenvalue weighted by Gasteiger charge is 2.06. The molecule has 17 heavy (non-hydrogen) atoms. The van der Waals surface area contributed by atoms with Crippen LogP contribution in [0.15, 0.2) is 54.6 Å². The molecular weight excluding hydrogens is 212 g/mol. The van der Waals surface area contributed by atoms with E-state index in [9.17, 15) is 4.79 Å². The molecule has 2 rings (SSSR count). The van der Waals surface area contributed by atoms with Crippen molar-refractivity contribution >= 4 is 5.78 Å². The number of rotatable bonds is 4. The molecule has 2 aromatic carbocycles. The molecular formula is C15H14O2. The molecule has 0 saturated heterocycles. The van der Waals surface area contributed by atoms with Gasteiger partial charge in [0.2, 0.25) is 0 Å². The summed E-state index contributed by atoms with van der Waals surface area (Å²) < 4.78 is 5.07. The van der Waals surface area contributed by atoms with Crippen molar-refractivity contribution in [1.29, 1.82) is 0 Å². The molecule has 0 bridgehead atoms. The predicted octanol–water partition coefficient (Wildman–Crippen LogP) is 3.12. The number of carbonyl (C=O) groups is 1. The van der Waals surface area contributed by atoms with Gasteiger partial charge in [-0.05, 0) is 17.7 Å². The summed E-state index contributed by atoms with van der Waals surface area (Å²) in [6, 6.07) is 16.9. The molecule has 2 heteroatoms. The van der Waals surface area contributed by atoms with Gasteiger partial charge >= 0.3 is 0 Å². The van der Waals surface area contributed by atoms with E-state index in [2.05, 4.69) is 0 Å². The number of ether oxygens (including phenoxy) is 1.